The van der Waals surface area contributed by atoms with E-state index in [1.807, 2.05) is 0 Å². The Morgan fingerprint density at radius 1 is 1.22 bits per heavy atom. The largest absolute Gasteiger partial charge is 0.313 e. The first-order valence-corrected chi connectivity index (χ1v) is 7.56. The van der Waals surface area contributed by atoms with Crippen LogP contribution >= 0.6 is 11.3 Å². The van der Waals surface area contributed by atoms with Gasteiger partial charge in [0.05, 0.1) is 9.20 Å². The number of hydrogen-bond acceptors (Lipinski definition) is 4. The number of carbonyl (C=O) groups excluding carboxylic acids is 1. The molecule has 1 N–H and O–H groups in total. The second-order valence-corrected chi connectivity index (χ2v) is 5.81. The van der Waals surface area contributed by atoms with E-state index in [4.69, 9.17) is 0 Å². The molecule has 0 aliphatic heterocycles. The highest BCUT2D eigenvalue weighted by Crippen LogP contribution is 2.03. The van der Waals surface area contributed by atoms with Crippen molar-refractivity contribution in [1.82, 2.24) is 9.97 Å². The van der Waals surface area contributed by atoms with Crippen LogP contribution in [0, 0.1) is 5.82 Å². The number of rotatable bonds is 3. The number of H-pyrrole nitrogens is 1. The summed E-state index contributed by atoms with van der Waals surface area (Å²) in [7, 11) is 0. The summed E-state index contributed by atoms with van der Waals surface area (Å²) in [5.74, 6) is -0.589. The molecule has 114 valence electrons. The second-order valence-electron chi connectivity index (χ2n) is 4.73. The van der Waals surface area contributed by atoms with Crippen LogP contribution in [0.25, 0.3) is 12.2 Å². The summed E-state index contributed by atoms with van der Waals surface area (Å²) in [6.45, 7) is 0. The van der Waals surface area contributed by atoms with Crippen LogP contribution in [0.3, 0.4) is 0 Å². The summed E-state index contributed by atoms with van der Waals surface area (Å²) in [6, 6.07) is 9.15. The van der Waals surface area contributed by atoms with Crippen molar-refractivity contribution in [3.8, 4) is 0 Å². The Kier molecular flexibility index (Phi) is 4.25. The van der Waals surface area contributed by atoms with Gasteiger partial charge in [-0.15, -0.1) is 11.3 Å². The first kappa shape index (κ1) is 15.1. The van der Waals surface area contributed by atoms with Gasteiger partial charge in [-0.3, -0.25) is 14.6 Å². The van der Waals surface area contributed by atoms with E-state index < -0.39 is 0 Å². The number of thiazole rings is 1. The summed E-state index contributed by atoms with van der Waals surface area (Å²) >= 11 is 1.15. The van der Waals surface area contributed by atoms with E-state index >= 15 is 0 Å². The Bertz CT molecular complexity index is 1020. The Balaban J connectivity index is 2.00. The Hall–Kier alpha value is -2.86. The van der Waals surface area contributed by atoms with Crippen LogP contribution in [-0.4, -0.2) is 15.8 Å². The monoisotopic (exact) mass is 326 g/mol. The maximum absolute atomic E-state index is 13.2. The van der Waals surface area contributed by atoms with E-state index in [0.717, 1.165) is 11.3 Å². The highest BCUT2D eigenvalue weighted by Gasteiger charge is 2.02. The van der Waals surface area contributed by atoms with Crippen LogP contribution in [0.5, 0.6) is 0 Å². The van der Waals surface area contributed by atoms with Gasteiger partial charge in [0.15, 0.2) is 5.78 Å². The molecule has 23 heavy (non-hydrogen) atoms. The maximum atomic E-state index is 13.2. The molecule has 2 heterocycles. The molecule has 6 heteroatoms. The first-order valence-electron chi connectivity index (χ1n) is 6.74. The molecule has 0 fully saturated rings. The number of nitrogens with one attached hydrogen (secondary N) is 1. The number of aromatic amines is 1. The number of hydrogen-bond donors (Lipinski definition) is 1. The van der Waals surface area contributed by atoms with Gasteiger partial charge in [0.25, 0.3) is 5.56 Å². The molecule has 3 aromatic rings. The topological polar surface area (TPSA) is 62.8 Å². The van der Waals surface area contributed by atoms with Crippen molar-refractivity contribution in [2.24, 2.45) is 0 Å². The van der Waals surface area contributed by atoms with E-state index in [-0.39, 0.29) is 17.2 Å². The Morgan fingerprint density at radius 3 is 2.74 bits per heavy atom. The van der Waals surface area contributed by atoms with Crippen LogP contribution in [-0.2, 0) is 0 Å². The molecular weight excluding hydrogens is 315 g/mol. The standard InChI is InChI=1S/C17H11FN2O2S/c18-13-3-1-2-11(8-13)9-15-17(22)20-16(23-15)10-14(21)12-4-6-19-7-5-12/h1-10H,(H,20,22). The van der Waals surface area contributed by atoms with Crippen molar-refractivity contribution in [2.75, 3.05) is 0 Å². The van der Waals surface area contributed by atoms with Gasteiger partial charge >= 0.3 is 0 Å². The van der Waals surface area contributed by atoms with Gasteiger partial charge in [-0.2, -0.15) is 0 Å². The normalized spacial score (nSPS) is 12.6. The summed E-state index contributed by atoms with van der Waals surface area (Å²) < 4.78 is 14.0. The molecule has 0 aliphatic rings. The van der Waals surface area contributed by atoms with Crippen LogP contribution in [0.4, 0.5) is 4.39 Å². The lowest BCUT2D eigenvalue weighted by Gasteiger charge is -1.91. The third kappa shape index (κ3) is 3.67. The van der Waals surface area contributed by atoms with Crippen molar-refractivity contribution in [2.45, 2.75) is 0 Å². The number of ketones is 1. The highest BCUT2D eigenvalue weighted by atomic mass is 32.1. The number of benzene rings is 1. The first-order chi connectivity index (χ1) is 11.1. The number of halogens is 1. The van der Waals surface area contributed by atoms with Crippen LogP contribution < -0.4 is 14.8 Å². The zero-order valence-electron chi connectivity index (χ0n) is 11.8. The summed E-state index contributed by atoms with van der Waals surface area (Å²) in [5.41, 5.74) is 0.766. The van der Waals surface area contributed by atoms with Gasteiger partial charge in [0.2, 0.25) is 0 Å². The lowest BCUT2D eigenvalue weighted by Crippen LogP contribution is -2.20. The predicted octanol–water partition coefficient (Wildman–Crippen LogP) is 1.46. The van der Waals surface area contributed by atoms with Crippen molar-refractivity contribution >= 4 is 29.3 Å². The van der Waals surface area contributed by atoms with Gasteiger partial charge in [-0.25, -0.2) is 4.39 Å². The molecule has 1 aromatic carbocycles. The zero-order chi connectivity index (χ0) is 16.2. The smallest absolute Gasteiger partial charge is 0.266 e. The minimum absolute atomic E-state index is 0.220. The molecular formula is C17H11FN2O2S. The van der Waals surface area contributed by atoms with Crippen molar-refractivity contribution in [1.29, 1.82) is 0 Å². The molecule has 0 radical (unpaired) electrons. The number of carbonyl (C=O) groups is 1. The third-order valence-corrected chi connectivity index (χ3v) is 4.02. The maximum Gasteiger partial charge on any atom is 0.266 e. The second kappa shape index (κ2) is 6.50. The average Bonchev–Trinajstić information content (AvgIpc) is 2.87. The van der Waals surface area contributed by atoms with E-state index in [9.17, 15) is 14.0 Å². The lowest BCUT2D eigenvalue weighted by molar-refractivity contribution is 0.106. The van der Waals surface area contributed by atoms with Crippen molar-refractivity contribution in [3.63, 3.8) is 0 Å². The van der Waals surface area contributed by atoms with E-state index in [1.54, 1.807) is 30.3 Å². The number of aromatic nitrogens is 2. The molecule has 0 spiro atoms. The fourth-order valence-corrected chi connectivity index (χ4v) is 2.88. The number of Topliss-reactive ketones (excluding diaryl/α,β-unsaturated/α-hetero) is 1. The van der Waals surface area contributed by atoms with Crippen LogP contribution in [0.1, 0.15) is 15.9 Å². The average molecular weight is 326 g/mol. The zero-order valence-corrected chi connectivity index (χ0v) is 12.6. The molecule has 2 aromatic heterocycles. The molecule has 4 nitrogen and oxygen atoms in total. The molecule has 0 amide bonds. The van der Waals surface area contributed by atoms with Crippen LogP contribution in [0.15, 0.2) is 53.6 Å². The van der Waals surface area contributed by atoms with Crippen molar-refractivity contribution in [3.05, 3.63) is 85.3 Å². The van der Waals surface area contributed by atoms with Crippen LogP contribution in [0.2, 0.25) is 0 Å². The molecule has 0 atom stereocenters. The minimum Gasteiger partial charge on any atom is -0.313 e. The van der Waals surface area contributed by atoms with Gasteiger partial charge in [-0.1, -0.05) is 12.1 Å². The highest BCUT2D eigenvalue weighted by molar-refractivity contribution is 7.07. The molecule has 0 bridgehead atoms. The molecule has 3 rings (SSSR count). The van der Waals surface area contributed by atoms with E-state index in [0.29, 0.717) is 20.3 Å². The van der Waals surface area contributed by atoms with E-state index in [1.165, 1.54) is 30.6 Å². The minimum atomic E-state index is -0.369. The summed E-state index contributed by atoms with van der Waals surface area (Å²) in [4.78, 5) is 30.5. The Labute approximate surface area is 134 Å². The SMILES string of the molecule is O=C(C=c1[nH]c(=O)c(=Cc2cccc(F)c2)s1)c1ccncc1. The molecule has 0 saturated carbocycles. The van der Waals surface area contributed by atoms with Gasteiger partial charge < -0.3 is 4.98 Å². The number of nitrogens with zero attached hydrogens (tertiary/aromatic N) is 1. The van der Waals surface area contributed by atoms with Crippen molar-refractivity contribution < 1.29 is 9.18 Å². The molecule has 0 saturated heterocycles. The van der Waals surface area contributed by atoms with Gasteiger partial charge in [0, 0.05) is 24.0 Å². The molecule has 0 aliphatic carbocycles. The lowest BCUT2D eigenvalue weighted by atomic mass is 10.2. The summed E-state index contributed by atoms with van der Waals surface area (Å²) in [6.07, 6.45) is 6.01. The van der Waals surface area contributed by atoms with Gasteiger partial charge in [-0.05, 0) is 35.9 Å². The fourth-order valence-electron chi connectivity index (χ4n) is 1.99. The molecule has 0 unspecified atom stereocenters. The quantitative estimate of drug-likeness (QED) is 0.741. The predicted molar refractivity (Wildman–Crippen MR) is 87.2 cm³/mol. The van der Waals surface area contributed by atoms with E-state index in [2.05, 4.69) is 9.97 Å². The fraction of sp³-hybridized carbons (Fsp3) is 0. The summed E-state index contributed by atoms with van der Waals surface area (Å²) in [5, 5.41) is 0. The third-order valence-electron chi connectivity index (χ3n) is 3.05. The number of pyridine rings is 1. The van der Waals surface area contributed by atoms with Gasteiger partial charge in [0.1, 0.15) is 5.82 Å². The Morgan fingerprint density at radius 2 is 2.00 bits per heavy atom.